The van der Waals surface area contributed by atoms with Crippen LogP contribution in [-0.2, 0) is 19.5 Å². The average Bonchev–Trinajstić information content (AvgIpc) is 2.66. The van der Waals surface area contributed by atoms with Crippen LogP contribution in [-0.4, -0.2) is 31.6 Å². The average molecular weight is 384 g/mol. The van der Waals surface area contributed by atoms with Gasteiger partial charge in [0.2, 0.25) is 0 Å². The predicted molar refractivity (Wildman–Crippen MR) is 103 cm³/mol. The Bertz CT molecular complexity index is 1050. The molecule has 2 aromatic carbocycles. The number of rotatable bonds is 3. The number of H-pyrrole nitrogens is 1. The van der Waals surface area contributed by atoms with Gasteiger partial charge in [0.15, 0.2) is 11.5 Å². The molecule has 0 atom stereocenters. The van der Waals surface area contributed by atoms with Crippen molar-refractivity contribution in [3.05, 3.63) is 74.7 Å². The second-order valence-electron chi connectivity index (χ2n) is 6.63. The summed E-state index contributed by atoms with van der Waals surface area (Å²) >= 11 is 5.92. The van der Waals surface area contributed by atoms with E-state index in [1.54, 1.807) is 18.2 Å². The van der Waals surface area contributed by atoms with Crippen molar-refractivity contribution in [1.29, 1.82) is 0 Å². The van der Waals surface area contributed by atoms with Gasteiger partial charge in [0.25, 0.3) is 5.56 Å². The first kappa shape index (κ1) is 17.6. The lowest BCUT2D eigenvalue weighted by Crippen LogP contribution is -2.35. The molecule has 0 amide bonds. The van der Waals surface area contributed by atoms with E-state index < -0.39 is 0 Å². The molecule has 0 bridgehead atoms. The Balaban J connectivity index is 1.57. The zero-order valence-electron chi connectivity index (χ0n) is 14.4. The molecule has 3 N–H and O–H groups in total. The molecule has 27 heavy (non-hydrogen) atoms. The molecule has 1 aliphatic rings. The van der Waals surface area contributed by atoms with Crippen molar-refractivity contribution in [2.75, 3.05) is 6.54 Å². The quantitative estimate of drug-likeness (QED) is 0.605. The first-order valence-electron chi connectivity index (χ1n) is 8.61. The van der Waals surface area contributed by atoms with Crippen LogP contribution in [0.1, 0.15) is 16.8 Å². The molecule has 0 fully saturated rings. The van der Waals surface area contributed by atoms with Crippen molar-refractivity contribution in [1.82, 2.24) is 14.9 Å². The predicted octanol–water partition coefficient (Wildman–Crippen LogP) is 3.06. The highest BCUT2D eigenvalue weighted by Crippen LogP contribution is 2.26. The maximum atomic E-state index is 12.6. The van der Waals surface area contributed by atoms with Crippen LogP contribution in [0.15, 0.2) is 47.3 Å². The van der Waals surface area contributed by atoms with Gasteiger partial charge in [-0.1, -0.05) is 17.7 Å². The molecule has 0 unspecified atom stereocenters. The summed E-state index contributed by atoms with van der Waals surface area (Å²) in [5.74, 6) is 0.266. The number of aromatic hydroxyl groups is 2. The molecule has 138 valence electrons. The topological polar surface area (TPSA) is 89.5 Å². The Morgan fingerprint density at radius 3 is 2.63 bits per heavy atom. The fourth-order valence-corrected chi connectivity index (χ4v) is 3.41. The number of aromatic amines is 1. The number of nitrogens with one attached hydrogen (secondary N) is 1. The van der Waals surface area contributed by atoms with Gasteiger partial charge < -0.3 is 15.2 Å². The van der Waals surface area contributed by atoms with E-state index >= 15 is 0 Å². The highest BCUT2D eigenvalue weighted by Gasteiger charge is 2.21. The van der Waals surface area contributed by atoms with Gasteiger partial charge in [0.1, 0.15) is 5.82 Å². The third-order valence-corrected chi connectivity index (χ3v) is 4.96. The number of nitrogens with zero attached hydrogens (tertiary/aromatic N) is 2. The molecule has 3 aromatic rings. The lowest BCUT2D eigenvalue weighted by Gasteiger charge is -2.27. The number of phenols is 2. The van der Waals surface area contributed by atoms with Gasteiger partial charge in [-0.15, -0.1) is 0 Å². The van der Waals surface area contributed by atoms with Gasteiger partial charge in [0, 0.05) is 36.6 Å². The number of hydrogen-bond acceptors (Lipinski definition) is 5. The molecule has 7 heteroatoms. The molecule has 1 aliphatic heterocycles. The summed E-state index contributed by atoms with van der Waals surface area (Å²) in [5.41, 5.74) is 3.04. The summed E-state index contributed by atoms with van der Waals surface area (Å²) in [6.45, 7) is 1.82. The summed E-state index contributed by atoms with van der Waals surface area (Å²) in [4.78, 5) is 22.2. The van der Waals surface area contributed by atoms with Crippen molar-refractivity contribution >= 4 is 11.6 Å². The highest BCUT2D eigenvalue weighted by molar-refractivity contribution is 6.30. The molecule has 0 saturated carbocycles. The molecular weight excluding hydrogens is 366 g/mol. The van der Waals surface area contributed by atoms with Gasteiger partial charge in [-0.3, -0.25) is 9.69 Å². The van der Waals surface area contributed by atoms with E-state index in [1.807, 2.05) is 12.1 Å². The Labute approximate surface area is 160 Å². The third-order valence-electron chi connectivity index (χ3n) is 4.71. The number of benzene rings is 2. The monoisotopic (exact) mass is 383 g/mol. The number of phenolic OH excluding ortho intramolecular Hbond substituents is 2. The normalized spacial score (nSPS) is 14.1. The molecule has 0 saturated heterocycles. The van der Waals surface area contributed by atoms with E-state index in [9.17, 15) is 15.0 Å². The molecule has 4 rings (SSSR count). The molecule has 2 heterocycles. The summed E-state index contributed by atoms with van der Waals surface area (Å²) in [5, 5.41) is 19.7. The Morgan fingerprint density at radius 1 is 1.11 bits per heavy atom. The van der Waals surface area contributed by atoms with Crippen molar-refractivity contribution < 1.29 is 10.2 Å². The van der Waals surface area contributed by atoms with E-state index in [4.69, 9.17) is 11.6 Å². The lowest BCUT2D eigenvalue weighted by molar-refractivity contribution is 0.241. The maximum Gasteiger partial charge on any atom is 0.255 e. The largest absolute Gasteiger partial charge is 0.504 e. The van der Waals surface area contributed by atoms with Crippen LogP contribution in [0.25, 0.3) is 11.4 Å². The zero-order chi connectivity index (χ0) is 19.0. The molecule has 1 aromatic heterocycles. The van der Waals surface area contributed by atoms with Crippen LogP contribution in [0, 0.1) is 0 Å². The fourth-order valence-electron chi connectivity index (χ4n) is 3.29. The zero-order valence-corrected chi connectivity index (χ0v) is 15.2. The smallest absolute Gasteiger partial charge is 0.255 e. The number of hydrogen-bond donors (Lipinski definition) is 3. The lowest BCUT2D eigenvalue weighted by atomic mass is 10.1. The van der Waals surface area contributed by atoms with Crippen LogP contribution in [0.4, 0.5) is 0 Å². The minimum atomic E-state index is -0.142. The van der Waals surface area contributed by atoms with Crippen LogP contribution in [0.2, 0.25) is 5.02 Å². The summed E-state index contributed by atoms with van der Waals surface area (Å²) in [6, 6.07) is 12.0. The molecule has 0 radical (unpaired) electrons. The van der Waals surface area contributed by atoms with Crippen LogP contribution < -0.4 is 5.56 Å². The summed E-state index contributed by atoms with van der Waals surface area (Å²) in [7, 11) is 0. The second kappa shape index (κ2) is 7.06. The van der Waals surface area contributed by atoms with Gasteiger partial charge in [-0.2, -0.15) is 0 Å². The van der Waals surface area contributed by atoms with Gasteiger partial charge >= 0.3 is 0 Å². The molecule has 6 nitrogen and oxygen atoms in total. The third kappa shape index (κ3) is 3.67. The number of halogens is 1. The molecule has 0 spiro atoms. The Morgan fingerprint density at radius 2 is 1.89 bits per heavy atom. The van der Waals surface area contributed by atoms with Crippen LogP contribution in [0.5, 0.6) is 11.5 Å². The highest BCUT2D eigenvalue weighted by atomic mass is 35.5. The van der Waals surface area contributed by atoms with Gasteiger partial charge in [-0.25, -0.2) is 4.98 Å². The van der Waals surface area contributed by atoms with Crippen molar-refractivity contribution in [2.45, 2.75) is 19.5 Å². The van der Waals surface area contributed by atoms with E-state index in [1.165, 1.54) is 12.1 Å². The van der Waals surface area contributed by atoms with Gasteiger partial charge in [-0.05, 0) is 42.0 Å². The summed E-state index contributed by atoms with van der Waals surface area (Å²) in [6.07, 6.45) is 0.671. The molecule has 0 aliphatic carbocycles. The van der Waals surface area contributed by atoms with E-state index in [0.717, 1.165) is 23.4 Å². The van der Waals surface area contributed by atoms with E-state index in [0.29, 0.717) is 35.9 Å². The van der Waals surface area contributed by atoms with Crippen LogP contribution >= 0.6 is 11.6 Å². The van der Waals surface area contributed by atoms with Crippen molar-refractivity contribution in [3.8, 4) is 22.9 Å². The fraction of sp³-hybridized carbons (Fsp3) is 0.200. The van der Waals surface area contributed by atoms with Crippen molar-refractivity contribution in [3.63, 3.8) is 0 Å². The number of fused-ring (bicyclic) bond motifs is 1. The first-order valence-corrected chi connectivity index (χ1v) is 8.98. The maximum absolute atomic E-state index is 12.6. The summed E-state index contributed by atoms with van der Waals surface area (Å²) < 4.78 is 0. The Hall–Kier alpha value is -2.83. The van der Waals surface area contributed by atoms with Gasteiger partial charge in [0.05, 0.1) is 11.3 Å². The number of aromatic nitrogens is 2. The first-order chi connectivity index (χ1) is 13.0. The molecular formula is C20H18ClN3O3. The van der Waals surface area contributed by atoms with Crippen LogP contribution in [0.3, 0.4) is 0 Å². The SMILES string of the molecule is O=c1[nH]c(-c2ccc(Cl)cc2)nc2c1CN(Cc1ccc(O)c(O)c1)CC2. The van der Waals surface area contributed by atoms with Crippen molar-refractivity contribution in [2.24, 2.45) is 0 Å². The van der Waals surface area contributed by atoms with E-state index in [-0.39, 0.29) is 17.1 Å². The minimum Gasteiger partial charge on any atom is -0.504 e. The second-order valence-corrected chi connectivity index (χ2v) is 7.07. The Kier molecular flexibility index (Phi) is 4.59. The van der Waals surface area contributed by atoms with E-state index in [2.05, 4.69) is 14.9 Å². The minimum absolute atomic E-state index is 0.136. The standard InChI is InChI=1S/C20H18ClN3O3/c21-14-4-2-13(3-5-14)19-22-16-7-8-24(11-15(16)20(27)23-19)10-12-1-6-17(25)18(26)9-12/h1-6,9,25-26H,7-8,10-11H2,(H,22,23,27).